The lowest BCUT2D eigenvalue weighted by Gasteiger charge is -2.17. The number of nitrogens with zero attached hydrogens (tertiary/aromatic N) is 1. The Bertz CT molecular complexity index is 330. The Morgan fingerprint density at radius 2 is 2.43 bits per heavy atom. The zero-order chi connectivity index (χ0) is 9.97. The van der Waals surface area contributed by atoms with Gasteiger partial charge in [0.1, 0.15) is 0 Å². The molecule has 14 heavy (non-hydrogen) atoms. The summed E-state index contributed by atoms with van der Waals surface area (Å²) >= 11 is 1.82. The molecule has 3 heteroatoms. The van der Waals surface area contributed by atoms with Crippen molar-refractivity contribution in [3.8, 4) is 0 Å². The fourth-order valence-electron chi connectivity index (χ4n) is 1.90. The molecule has 0 amide bonds. The van der Waals surface area contributed by atoms with Crippen LogP contribution in [-0.2, 0) is 13.0 Å². The van der Waals surface area contributed by atoms with Crippen LogP contribution in [0.3, 0.4) is 0 Å². The second-order valence-corrected chi connectivity index (χ2v) is 4.70. The normalized spacial score (nSPS) is 16.6. The summed E-state index contributed by atoms with van der Waals surface area (Å²) in [5.74, 6) is 0.820. The van der Waals surface area contributed by atoms with Gasteiger partial charge < -0.3 is 4.90 Å². The van der Waals surface area contributed by atoms with Crippen molar-refractivity contribution in [3.05, 3.63) is 21.9 Å². The molecule has 1 aromatic heterocycles. The Labute approximate surface area is 89.1 Å². The summed E-state index contributed by atoms with van der Waals surface area (Å²) in [5.41, 5.74) is 1.45. The van der Waals surface area contributed by atoms with Gasteiger partial charge in [-0.15, -0.1) is 11.3 Å². The third-order valence-electron chi connectivity index (χ3n) is 2.78. The fourth-order valence-corrected chi connectivity index (χ4v) is 2.89. The van der Waals surface area contributed by atoms with Crippen molar-refractivity contribution in [2.45, 2.75) is 32.7 Å². The number of likely N-dealkylation sites (tertiary alicyclic amines) is 1. The number of rotatable bonds is 3. The van der Waals surface area contributed by atoms with Gasteiger partial charge in [0.15, 0.2) is 0 Å². The van der Waals surface area contributed by atoms with Gasteiger partial charge >= 0.3 is 0 Å². The van der Waals surface area contributed by atoms with Crippen molar-refractivity contribution in [1.82, 2.24) is 4.90 Å². The van der Waals surface area contributed by atoms with Crippen molar-refractivity contribution < 1.29 is 0 Å². The minimum absolute atomic E-state index is 0.820. The summed E-state index contributed by atoms with van der Waals surface area (Å²) in [4.78, 5) is 3.64. The van der Waals surface area contributed by atoms with Crippen LogP contribution in [0.25, 0.3) is 0 Å². The van der Waals surface area contributed by atoms with Crippen LogP contribution >= 0.6 is 11.3 Å². The Morgan fingerprint density at radius 1 is 1.57 bits per heavy atom. The van der Waals surface area contributed by atoms with E-state index in [2.05, 4.69) is 23.3 Å². The molecule has 0 saturated carbocycles. The van der Waals surface area contributed by atoms with E-state index in [0.717, 1.165) is 38.2 Å². The van der Waals surface area contributed by atoms with Crippen LogP contribution in [0.1, 0.15) is 30.2 Å². The standard InChI is InChI=1S/C11H16N2S/c1-2-9-5-7-14-10(9)8-13-6-3-4-11(13)12/h5,7,12H,2-4,6,8H2,1H3. The molecule has 0 aromatic carbocycles. The van der Waals surface area contributed by atoms with Gasteiger partial charge in [-0.3, -0.25) is 5.41 Å². The van der Waals surface area contributed by atoms with Gasteiger partial charge in [-0.1, -0.05) is 6.92 Å². The second kappa shape index (κ2) is 4.13. The molecule has 0 bridgehead atoms. The van der Waals surface area contributed by atoms with Crippen molar-refractivity contribution in [3.63, 3.8) is 0 Å². The van der Waals surface area contributed by atoms with E-state index >= 15 is 0 Å². The van der Waals surface area contributed by atoms with Crippen molar-refractivity contribution in [2.75, 3.05) is 6.54 Å². The van der Waals surface area contributed by atoms with Gasteiger partial charge in [0.25, 0.3) is 0 Å². The van der Waals surface area contributed by atoms with Gasteiger partial charge in [0, 0.05) is 17.8 Å². The molecule has 2 heterocycles. The molecule has 0 aliphatic carbocycles. The smallest absolute Gasteiger partial charge is 0.0961 e. The molecule has 0 radical (unpaired) electrons. The van der Waals surface area contributed by atoms with Gasteiger partial charge in [0.05, 0.1) is 12.4 Å². The quantitative estimate of drug-likeness (QED) is 0.812. The van der Waals surface area contributed by atoms with E-state index in [1.54, 1.807) is 0 Å². The zero-order valence-corrected chi connectivity index (χ0v) is 9.36. The van der Waals surface area contributed by atoms with Crippen LogP contribution in [0.5, 0.6) is 0 Å². The Kier molecular flexibility index (Phi) is 2.87. The lowest BCUT2D eigenvalue weighted by molar-refractivity contribution is 0.449. The summed E-state index contributed by atoms with van der Waals surface area (Å²) in [6.45, 7) is 4.22. The number of hydrogen-bond acceptors (Lipinski definition) is 2. The number of thiophene rings is 1. The van der Waals surface area contributed by atoms with E-state index in [0.29, 0.717) is 0 Å². The van der Waals surface area contributed by atoms with Gasteiger partial charge in [-0.2, -0.15) is 0 Å². The van der Waals surface area contributed by atoms with Crippen LogP contribution < -0.4 is 0 Å². The first kappa shape index (κ1) is 9.71. The van der Waals surface area contributed by atoms with Crippen LogP contribution in [-0.4, -0.2) is 17.3 Å². The van der Waals surface area contributed by atoms with Crippen LogP contribution in [0.2, 0.25) is 0 Å². The highest BCUT2D eigenvalue weighted by atomic mass is 32.1. The summed E-state index contributed by atoms with van der Waals surface area (Å²) in [7, 11) is 0. The van der Waals surface area contributed by atoms with Gasteiger partial charge in [-0.05, 0) is 29.9 Å². The Morgan fingerprint density at radius 3 is 3.07 bits per heavy atom. The second-order valence-electron chi connectivity index (χ2n) is 3.69. The first-order chi connectivity index (χ1) is 6.81. The molecule has 0 atom stereocenters. The molecule has 0 spiro atoms. The maximum atomic E-state index is 7.77. The first-order valence-electron chi connectivity index (χ1n) is 5.19. The van der Waals surface area contributed by atoms with Crippen LogP contribution in [0.15, 0.2) is 11.4 Å². The van der Waals surface area contributed by atoms with Crippen LogP contribution in [0.4, 0.5) is 0 Å². The average Bonchev–Trinajstić information content (AvgIpc) is 2.77. The molecule has 1 aliphatic rings. The van der Waals surface area contributed by atoms with Crippen LogP contribution in [0, 0.1) is 5.41 Å². The first-order valence-corrected chi connectivity index (χ1v) is 6.07. The predicted octanol–water partition coefficient (Wildman–Crippen LogP) is 2.88. The minimum atomic E-state index is 0.820. The maximum Gasteiger partial charge on any atom is 0.0961 e. The van der Waals surface area contributed by atoms with E-state index in [1.807, 2.05) is 11.3 Å². The zero-order valence-electron chi connectivity index (χ0n) is 8.55. The van der Waals surface area contributed by atoms with E-state index in [-0.39, 0.29) is 0 Å². The Hall–Kier alpha value is -0.830. The molecule has 76 valence electrons. The number of nitrogens with one attached hydrogen (secondary N) is 1. The topological polar surface area (TPSA) is 27.1 Å². The molecule has 2 nitrogen and oxygen atoms in total. The molecule has 1 N–H and O–H groups in total. The van der Waals surface area contributed by atoms with Gasteiger partial charge in [-0.25, -0.2) is 0 Å². The van der Waals surface area contributed by atoms with E-state index in [4.69, 9.17) is 5.41 Å². The largest absolute Gasteiger partial charge is 0.355 e. The molecule has 1 fully saturated rings. The fraction of sp³-hybridized carbons (Fsp3) is 0.545. The molecule has 2 rings (SSSR count). The number of hydrogen-bond donors (Lipinski definition) is 1. The third-order valence-corrected chi connectivity index (χ3v) is 3.72. The van der Waals surface area contributed by atoms with Crippen molar-refractivity contribution >= 4 is 17.2 Å². The highest BCUT2D eigenvalue weighted by molar-refractivity contribution is 7.10. The van der Waals surface area contributed by atoms with Crippen molar-refractivity contribution in [2.24, 2.45) is 0 Å². The lowest BCUT2D eigenvalue weighted by atomic mass is 10.2. The number of amidine groups is 1. The van der Waals surface area contributed by atoms with Crippen molar-refractivity contribution in [1.29, 1.82) is 5.41 Å². The molecular weight excluding hydrogens is 192 g/mol. The SMILES string of the molecule is CCc1ccsc1CN1CCCC1=N. The molecule has 0 unspecified atom stereocenters. The Balaban J connectivity index is 2.06. The molecular formula is C11H16N2S. The molecule has 1 saturated heterocycles. The van der Waals surface area contributed by atoms with Gasteiger partial charge in [0.2, 0.25) is 0 Å². The summed E-state index contributed by atoms with van der Waals surface area (Å²) in [6.07, 6.45) is 3.23. The lowest BCUT2D eigenvalue weighted by Crippen LogP contribution is -2.23. The summed E-state index contributed by atoms with van der Waals surface area (Å²) in [5, 5.41) is 9.93. The summed E-state index contributed by atoms with van der Waals surface area (Å²) < 4.78 is 0. The monoisotopic (exact) mass is 208 g/mol. The van der Waals surface area contributed by atoms with E-state index < -0.39 is 0 Å². The van der Waals surface area contributed by atoms with E-state index in [9.17, 15) is 0 Å². The van der Waals surface area contributed by atoms with E-state index in [1.165, 1.54) is 10.4 Å². The minimum Gasteiger partial charge on any atom is -0.355 e. The third kappa shape index (κ3) is 1.82. The predicted molar refractivity (Wildman–Crippen MR) is 61.1 cm³/mol. The highest BCUT2D eigenvalue weighted by Crippen LogP contribution is 2.22. The highest BCUT2D eigenvalue weighted by Gasteiger charge is 2.18. The maximum absolute atomic E-state index is 7.77. The average molecular weight is 208 g/mol. The summed E-state index contributed by atoms with van der Waals surface area (Å²) in [6, 6.07) is 2.21. The molecule has 1 aromatic rings. The number of aryl methyl sites for hydroxylation is 1. The molecule has 1 aliphatic heterocycles.